The molecule has 0 atom stereocenters. The molecule has 1 saturated carbocycles. The van der Waals surface area contributed by atoms with Gasteiger partial charge in [0.25, 0.3) is 0 Å². The summed E-state index contributed by atoms with van der Waals surface area (Å²) in [6.45, 7) is 0.338. The maximum absolute atomic E-state index is 12.0. The van der Waals surface area contributed by atoms with Crippen LogP contribution in [0.4, 0.5) is 5.69 Å². The fraction of sp³-hybridized carbons (Fsp3) is 0.389. The molecular weight excluding hydrogens is 260 g/mol. The van der Waals surface area contributed by atoms with Crippen LogP contribution in [0.2, 0.25) is 0 Å². The number of hydrogen-bond donors (Lipinski definition) is 2. The molecule has 2 N–H and O–H groups in total. The quantitative estimate of drug-likeness (QED) is 0.897. The number of anilines is 1. The van der Waals surface area contributed by atoms with Gasteiger partial charge >= 0.3 is 0 Å². The molecule has 3 heteroatoms. The van der Waals surface area contributed by atoms with Gasteiger partial charge in [-0.3, -0.25) is 4.79 Å². The van der Waals surface area contributed by atoms with Crippen LogP contribution in [0.3, 0.4) is 0 Å². The zero-order valence-electron chi connectivity index (χ0n) is 12.3. The van der Waals surface area contributed by atoms with Crippen LogP contribution in [0.5, 0.6) is 0 Å². The molecule has 0 aromatic heterocycles. The monoisotopic (exact) mass is 282 g/mol. The summed E-state index contributed by atoms with van der Waals surface area (Å²) >= 11 is 0. The molecule has 2 aromatic rings. The normalized spacial score (nSPS) is 15.8. The van der Waals surface area contributed by atoms with Crippen molar-refractivity contribution in [2.45, 2.75) is 38.1 Å². The first-order valence-electron chi connectivity index (χ1n) is 7.84. The highest BCUT2D eigenvalue weighted by atomic mass is 16.1. The Balaban J connectivity index is 1.59. The van der Waals surface area contributed by atoms with Crippen molar-refractivity contribution < 1.29 is 4.79 Å². The van der Waals surface area contributed by atoms with Crippen molar-refractivity contribution >= 4 is 22.4 Å². The summed E-state index contributed by atoms with van der Waals surface area (Å²) < 4.78 is 0. The van der Waals surface area contributed by atoms with Gasteiger partial charge in [-0.25, -0.2) is 0 Å². The van der Waals surface area contributed by atoms with Gasteiger partial charge in [0.05, 0.1) is 6.54 Å². The van der Waals surface area contributed by atoms with E-state index in [-0.39, 0.29) is 5.91 Å². The third kappa shape index (κ3) is 3.54. The van der Waals surface area contributed by atoms with Crippen LogP contribution in [0, 0.1) is 0 Å². The van der Waals surface area contributed by atoms with Crippen molar-refractivity contribution in [1.29, 1.82) is 0 Å². The number of benzene rings is 2. The average Bonchev–Trinajstić information content (AvgIpc) is 2.54. The van der Waals surface area contributed by atoms with Crippen LogP contribution in [0.15, 0.2) is 42.5 Å². The van der Waals surface area contributed by atoms with Crippen molar-refractivity contribution in [2.75, 3.05) is 11.9 Å². The number of fused-ring (bicyclic) bond motifs is 1. The van der Waals surface area contributed by atoms with E-state index in [0.717, 1.165) is 23.9 Å². The molecule has 21 heavy (non-hydrogen) atoms. The summed E-state index contributed by atoms with van der Waals surface area (Å²) in [5.41, 5.74) is 1.02. The standard InChI is InChI=1S/C18H22N2O/c21-18(20-15-9-2-1-3-10-15)13-19-17-12-6-8-14-7-4-5-11-16(14)17/h4-8,11-12,15,19H,1-3,9-10,13H2,(H,20,21). The van der Waals surface area contributed by atoms with E-state index >= 15 is 0 Å². The third-order valence-corrected chi connectivity index (χ3v) is 4.20. The lowest BCUT2D eigenvalue weighted by atomic mass is 9.95. The minimum Gasteiger partial charge on any atom is -0.376 e. The highest BCUT2D eigenvalue weighted by Gasteiger charge is 2.15. The van der Waals surface area contributed by atoms with Gasteiger partial charge in [-0.1, -0.05) is 55.7 Å². The summed E-state index contributed by atoms with van der Waals surface area (Å²) in [6, 6.07) is 14.7. The molecule has 0 bridgehead atoms. The Labute approximate surface area is 125 Å². The van der Waals surface area contributed by atoms with Gasteiger partial charge in [0.2, 0.25) is 5.91 Å². The van der Waals surface area contributed by atoms with Gasteiger partial charge in [0.1, 0.15) is 0 Å². The first kappa shape index (κ1) is 13.9. The molecule has 3 rings (SSSR count). The van der Waals surface area contributed by atoms with Crippen LogP contribution in [-0.4, -0.2) is 18.5 Å². The van der Waals surface area contributed by atoms with Gasteiger partial charge in [-0.15, -0.1) is 0 Å². The van der Waals surface area contributed by atoms with E-state index in [1.807, 2.05) is 24.3 Å². The summed E-state index contributed by atoms with van der Waals surface area (Å²) in [6.07, 6.45) is 6.03. The topological polar surface area (TPSA) is 41.1 Å². The zero-order valence-corrected chi connectivity index (χ0v) is 12.3. The third-order valence-electron chi connectivity index (χ3n) is 4.20. The number of carbonyl (C=O) groups is 1. The number of rotatable bonds is 4. The summed E-state index contributed by atoms with van der Waals surface area (Å²) in [5, 5.41) is 8.75. The molecule has 1 amide bonds. The smallest absolute Gasteiger partial charge is 0.239 e. The molecule has 1 aliphatic carbocycles. The second kappa shape index (κ2) is 6.61. The Morgan fingerprint density at radius 1 is 1.00 bits per heavy atom. The molecule has 3 nitrogen and oxygen atoms in total. The van der Waals surface area contributed by atoms with E-state index in [4.69, 9.17) is 0 Å². The first-order valence-corrected chi connectivity index (χ1v) is 7.84. The molecule has 1 aliphatic rings. The van der Waals surface area contributed by atoms with Crippen LogP contribution in [0.1, 0.15) is 32.1 Å². The van der Waals surface area contributed by atoms with Crippen molar-refractivity contribution in [3.05, 3.63) is 42.5 Å². The van der Waals surface area contributed by atoms with E-state index in [9.17, 15) is 4.79 Å². The van der Waals surface area contributed by atoms with E-state index in [1.165, 1.54) is 24.6 Å². The maximum Gasteiger partial charge on any atom is 0.239 e. The van der Waals surface area contributed by atoms with Crippen molar-refractivity contribution in [3.8, 4) is 0 Å². The highest BCUT2D eigenvalue weighted by Crippen LogP contribution is 2.22. The van der Waals surface area contributed by atoms with Crippen molar-refractivity contribution in [2.24, 2.45) is 0 Å². The van der Waals surface area contributed by atoms with Gasteiger partial charge in [-0.05, 0) is 24.3 Å². The molecule has 110 valence electrons. The second-order valence-corrected chi connectivity index (χ2v) is 5.78. The van der Waals surface area contributed by atoms with Crippen LogP contribution >= 0.6 is 0 Å². The van der Waals surface area contributed by atoms with Crippen LogP contribution < -0.4 is 10.6 Å². The lowest BCUT2D eigenvalue weighted by molar-refractivity contribution is -0.120. The van der Waals surface area contributed by atoms with Gasteiger partial charge < -0.3 is 10.6 Å². The fourth-order valence-electron chi connectivity index (χ4n) is 3.08. The SMILES string of the molecule is O=C(CNc1cccc2ccccc12)NC1CCCCC1. The molecule has 0 spiro atoms. The molecule has 2 aromatic carbocycles. The Bertz CT molecular complexity index is 612. The number of nitrogens with one attached hydrogen (secondary N) is 2. The minimum absolute atomic E-state index is 0.0924. The number of hydrogen-bond acceptors (Lipinski definition) is 2. The summed E-state index contributed by atoms with van der Waals surface area (Å²) in [5.74, 6) is 0.0924. The molecular formula is C18H22N2O. The molecule has 0 saturated heterocycles. The van der Waals surface area contributed by atoms with E-state index in [2.05, 4.69) is 28.8 Å². The molecule has 0 radical (unpaired) electrons. The van der Waals surface area contributed by atoms with Gasteiger partial charge in [-0.2, -0.15) is 0 Å². The Hall–Kier alpha value is -2.03. The summed E-state index contributed by atoms with van der Waals surface area (Å²) in [7, 11) is 0. The van der Waals surface area contributed by atoms with E-state index in [0.29, 0.717) is 12.6 Å². The van der Waals surface area contributed by atoms with Gasteiger partial charge in [0.15, 0.2) is 0 Å². The van der Waals surface area contributed by atoms with Crippen molar-refractivity contribution in [1.82, 2.24) is 5.32 Å². The zero-order chi connectivity index (χ0) is 14.5. The van der Waals surface area contributed by atoms with E-state index < -0.39 is 0 Å². The Kier molecular flexibility index (Phi) is 4.39. The average molecular weight is 282 g/mol. The number of carbonyl (C=O) groups excluding carboxylic acids is 1. The summed E-state index contributed by atoms with van der Waals surface area (Å²) in [4.78, 5) is 12.0. The fourth-order valence-corrected chi connectivity index (χ4v) is 3.08. The lowest BCUT2D eigenvalue weighted by Crippen LogP contribution is -2.39. The van der Waals surface area contributed by atoms with Crippen LogP contribution in [0.25, 0.3) is 10.8 Å². The Morgan fingerprint density at radius 2 is 1.76 bits per heavy atom. The second-order valence-electron chi connectivity index (χ2n) is 5.78. The predicted molar refractivity (Wildman–Crippen MR) is 87.5 cm³/mol. The Morgan fingerprint density at radius 3 is 2.62 bits per heavy atom. The highest BCUT2D eigenvalue weighted by molar-refractivity contribution is 5.95. The van der Waals surface area contributed by atoms with Crippen molar-refractivity contribution in [3.63, 3.8) is 0 Å². The first-order chi connectivity index (χ1) is 10.3. The largest absolute Gasteiger partial charge is 0.376 e. The maximum atomic E-state index is 12.0. The lowest BCUT2D eigenvalue weighted by Gasteiger charge is -2.23. The molecule has 0 aliphatic heterocycles. The number of amides is 1. The predicted octanol–water partition coefficient (Wildman–Crippen LogP) is 3.70. The van der Waals surface area contributed by atoms with E-state index in [1.54, 1.807) is 0 Å². The molecule has 1 fully saturated rings. The molecule has 0 unspecified atom stereocenters. The minimum atomic E-state index is 0.0924. The molecule has 0 heterocycles. The van der Waals surface area contributed by atoms with Gasteiger partial charge in [0, 0.05) is 17.1 Å². The van der Waals surface area contributed by atoms with Crippen LogP contribution in [-0.2, 0) is 4.79 Å².